The lowest BCUT2D eigenvalue weighted by molar-refractivity contribution is 0.848. The number of halogens is 1. The van der Waals surface area contributed by atoms with E-state index in [4.69, 9.17) is 6.42 Å². The summed E-state index contributed by atoms with van der Waals surface area (Å²) in [7, 11) is 0. The molecule has 0 fully saturated rings. The Bertz CT molecular complexity index is 70.7. The summed E-state index contributed by atoms with van der Waals surface area (Å²) in [4.78, 5) is 0.289. The van der Waals surface area contributed by atoms with E-state index >= 15 is 0 Å². The number of rotatable bonds is 2. The fraction of sp³-hybridized carbons (Fsp3) is 0.667. The summed E-state index contributed by atoms with van der Waals surface area (Å²) in [5.74, 6) is 2.58. The molecule has 0 aliphatic carbocycles. The van der Waals surface area contributed by atoms with Gasteiger partial charge in [-0.1, -0.05) is 35.2 Å². The van der Waals surface area contributed by atoms with Crippen molar-refractivity contribution in [3.63, 3.8) is 0 Å². The van der Waals surface area contributed by atoms with Crippen LogP contribution < -0.4 is 0 Å². The Morgan fingerprint density at radius 3 is 2.57 bits per heavy atom. The van der Waals surface area contributed by atoms with E-state index in [9.17, 15) is 0 Å². The molecule has 0 aliphatic heterocycles. The van der Waals surface area contributed by atoms with Gasteiger partial charge in [-0.25, -0.2) is 0 Å². The van der Waals surface area contributed by atoms with Gasteiger partial charge in [-0.3, -0.25) is 0 Å². The highest BCUT2D eigenvalue weighted by atomic mass is 79.9. The number of alkyl halides is 1. The van der Waals surface area contributed by atoms with Gasteiger partial charge in [-0.2, -0.15) is 0 Å². The van der Waals surface area contributed by atoms with Crippen molar-refractivity contribution in [3.8, 4) is 12.3 Å². The first-order chi connectivity index (χ1) is 3.31. The lowest BCUT2D eigenvalue weighted by Crippen LogP contribution is -1.88. The summed E-state index contributed by atoms with van der Waals surface area (Å²) < 4.78 is 0. The highest BCUT2D eigenvalue weighted by Crippen LogP contribution is 2.04. The summed E-state index contributed by atoms with van der Waals surface area (Å²) in [5, 5.41) is 0. The predicted molar refractivity (Wildman–Crippen MR) is 36.5 cm³/mol. The van der Waals surface area contributed by atoms with Gasteiger partial charge < -0.3 is 0 Å². The molecule has 40 valence electrons. The normalized spacial score (nSPS) is 12.7. The summed E-state index contributed by atoms with van der Waals surface area (Å²) in [6, 6.07) is 0. The minimum Gasteiger partial charge on any atom is -0.119 e. The average molecular weight is 161 g/mol. The summed E-state index contributed by atoms with van der Waals surface area (Å²) in [6.45, 7) is 2.12. The van der Waals surface area contributed by atoms with Crippen LogP contribution in [-0.4, -0.2) is 4.83 Å². The van der Waals surface area contributed by atoms with Crippen LogP contribution in [0.15, 0.2) is 0 Å². The minimum absolute atomic E-state index is 0.289. The smallest absolute Gasteiger partial charge is 0.0752 e. The first kappa shape index (κ1) is 7.04. The molecule has 0 saturated heterocycles. The van der Waals surface area contributed by atoms with Crippen LogP contribution in [0.25, 0.3) is 0 Å². The second-order valence-electron chi connectivity index (χ2n) is 1.42. The standard InChI is InChI=1S/C6H9Br/c1-3-5-6(7)4-2/h2,6H,3,5H2,1H3. The van der Waals surface area contributed by atoms with Crippen molar-refractivity contribution in [1.82, 2.24) is 0 Å². The summed E-state index contributed by atoms with van der Waals surface area (Å²) in [6.07, 6.45) is 7.29. The third-order valence-electron chi connectivity index (χ3n) is 0.723. The van der Waals surface area contributed by atoms with Crippen LogP contribution in [0, 0.1) is 12.3 Å². The molecule has 0 bridgehead atoms. The van der Waals surface area contributed by atoms with E-state index in [-0.39, 0.29) is 4.83 Å². The van der Waals surface area contributed by atoms with Gasteiger partial charge in [0.25, 0.3) is 0 Å². The van der Waals surface area contributed by atoms with Crippen molar-refractivity contribution in [2.45, 2.75) is 24.6 Å². The molecule has 0 aliphatic rings. The van der Waals surface area contributed by atoms with Crippen LogP contribution in [0.4, 0.5) is 0 Å². The predicted octanol–water partition coefficient (Wildman–Crippen LogP) is 2.18. The molecule has 0 aromatic carbocycles. The van der Waals surface area contributed by atoms with Crippen molar-refractivity contribution in [2.75, 3.05) is 0 Å². The van der Waals surface area contributed by atoms with Gasteiger partial charge in [0.2, 0.25) is 0 Å². The van der Waals surface area contributed by atoms with Crippen molar-refractivity contribution in [2.24, 2.45) is 0 Å². The van der Waals surface area contributed by atoms with Crippen LogP contribution in [0.3, 0.4) is 0 Å². The minimum atomic E-state index is 0.289. The maximum absolute atomic E-state index is 5.06. The Labute approximate surface area is 53.4 Å². The van der Waals surface area contributed by atoms with E-state index in [1.165, 1.54) is 0 Å². The monoisotopic (exact) mass is 160 g/mol. The molecule has 1 heteroatoms. The topological polar surface area (TPSA) is 0 Å². The van der Waals surface area contributed by atoms with Crippen molar-refractivity contribution in [3.05, 3.63) is 0 Å². The highest BCUT2D eigenvalue weighted by Gasteiger charge is 1.92. The van der Waals surface area contributed by atoms with Crippen LogP contribution in [-0.2, 0) is 0 Å². The van der Waals surface area contributed by atoms with Crippen molar-refractivity contribution in [1.29, 1.82) is 0 Å². The zero-order valence-electron chi connectivity index (χ0n) is 4.45. The van der Waals surface area contributed by atoms with Gasteiger partial charge in [0.05, 0.1) is 4.83 Å². The van der Waals surface area contributed by atoms with E-state index in [0.29, 0.717) is 0 Å². The Morgan fingerprint density at radius 2 is 2.43 bits per heavy atom. The molecule has 0 rings (SSSR count). The lowest BCUT2D eigenvalue weighted by atomic mass is 10.3. The summed E-state index contributed by atoms with van der Waals surface area (Å²) >= 11 is 3.30. The largest absolute Gasteiger partial charge is 0.119 e. The Morgan fingerprint density at radius 1 is 1.86 bits per heavy atom. The number of hydrogen-bond acceptors (Lipinski definition) is 0. The molecule has 0 aromatic rings. The Kier molecular flexibility index (Phi) is 4.23. The van der Waals surface area contributed by atoms with Gasteiger partial charge >= 0.3 is 0 Å². The fourth-order valence-electron chi connectivity index (χ4n) is 0.337. The van der Waals surface area contributed by atoms with Crippen LogP contribution in [0.2, 0.25) is 0 Å². The number of terminal acetylenes is 1. The molecule has 0 radical (unpaired) electrons. The second kappa shape index (κ2) is 4.21. The molecule has 0 heterocycles. The molecular weight excluding hydrogens is 152 g/mol. The van der Waals surface area contributed by atoms with E-state index < -0.39 is 0 Å². The van der Waals surface area contributed by atoms with Gasteiger partial charge in [0.15, 0.2) is 0 Å². The summed E-state index contributed by atoms with van der Waals surface area (Å²) in [5.41, 5.74) is 0. The molecule has 7 heavy (non-hydrogen) atoms. The quantitative estimate of drug-likeness (QED) is 0.430. The molecule has 0 N–H and O–H groups in total. The molecule has 0 amide bonds. The van der Waals surface area contributed by atoms with E-state index in [1.54, 1.807) is 0 Å². The highest BCUT2D eigenvalue weighted by molar-refractivity contribution is 9.09. The average Bonchev–Trinajstić information content (AvgIpc) is 1.68. The molecule has 0 saturated carbocycles. The molecule has 0 aromatic heterocycles. The van der Waals surface area contributed by atoms with Crippen LogP contribution in [0.1, 0.15) is 19.8 Å². The third-order valence-corrected chi connectivity index (χ3v) is 1.45. The van der Waals surface area contributed by atoms with Gasteiger partial charge in [0, 0.05) is 0 Å². The zero-order chi connectivity index (χ0) is 5.70. The molecule has 1 atom stereocenters. The first-order valence-electron chi connectivity index (χ1n) is 2.41. The molecule has 1 unspecified atom stereocenters. The maximum atomic E-state index is 5.06. The second-order valence-corrected chi connectivity index (χ2v) is 2.53. The van der Waals surface area contributed by atoms with E-state index in [2.05, 4.69) is 28.8 Å². The molecule has 0 nitrogen and oxygen atoms in total. The van der Waals surface area contributed by atoms with E-state index in [0.717, 1.165) is 12.8 Å². The van der Waals surface area contributed by atoms with Crippen molar-refractivity contribution < 1.29 is 0 Å². The lowest BCUT2D eigenvalue weighted by Gasteiger charge is -1.93. The van der Waals surface area contributed by atoms with Crippen molar-refractivity contribution >= 4 is 15.9 Å². The van der Waals surface area contributed by atoms with Gasteiger partial charge in [-0.05, 0) is 6.42 Å². The Balaban J connectivity index is 3.04. The van der Waals surface area contributed by atoms with Crippen LogP contribution in [0.5, 0.6) is 0 Å². The Hall–Kier alpha value is 0.0400. The molecule has 0 spiro atoms. The maximum Gasteiger partial charge on any atom is 0.0752 e. The molecular formula is C6H9Br. The third kappa shape index (κ3) is 3.88. The fourth-order valence-corrected chi connectivity index (χ4v) is 0.795. The van der Waals surface area contributed by atoms with Gasteiger partial charge in [0.1, 0.15) is 0 Å². The van der Waals surface area contributed by atoms with Gasteiger partial charge in [-0.15, -0.1) is 6.42 Å². The SMILES string of the molecule is C#CC(Br)CCC. The van der Waals surface area contributed by atoms with E-state index in [1.807, 2.05) is 0 Å². The first-order valence-corrected chi connectivity index (χ1v) is 3.33. The number of hydrogen-bond donors (Lipinski definition) is 0. The van der Waals surface area contributed by atoms with Crippen LogP contribution >= 0.6 is 15.9 Å². The zero-order valence-corrected chi connectivity index (χ0v) is 6.03.